The summed E-state index contributed by atoms with van der Waals surface area (Å²) in [5, 5.41) is 4.88. The average Bonchev–Trinajstić information content (AvgIpc) is 3.02. The Morgan fingerprint density at radius 3 is 2.54 bits per heavy atom. The molecular formula is C17H13F3N3O4S+. The number of carbonyl (C=O) groups is 1. The molecule has 146 valence electrons. The summed E-state index contributed by atoms with van der Waals surface area (Å²) in [6.45, 7) is 0. The van der Waals surface area contributed by atoms with E-state index in [1.165, 1.54) is 22.9 Å². The maximum absolute atomic E-state index is 12.5. The molecule has 0 radical (unpaired) electrons. The first kappa shape index (κ1) is 19.5. The molecule has 0 atom stereocenters. The summed E-state index contributed by atoms with van der Waals surface area (Å²) in [4.78, 5) is 24.0. The highest BCUT2D eigenvalue weighted by Crippen LogP contribution is 2.30. The number of carbonyl (C=O) groups excluding carboxylic acids is 1. The maximum Gasteiger partial charge on any atom is 0.573 e. The van der Waals surface area contributed by atoms with Crippen LogP contribution in [0.25, 0.3) is 5.69 Å². The van der Waals surface area contributed by atoms with Crippen LogP contribution >= 0.6 is 11.8 Å². The molecular weight excluding hydrogens is 399 g/mol. The standard InChI is InChI=1S/C17H12F3N3O4S/c18-17(19,20)26-13-9-5-4-8-12(13)21-14(24)10-28-15-16(25)27-22-23(15)11-6-2-1-3-7-11/h1-9H,10H2,(H-,21,22,24,25)/p+1. The van der Waals surface area contributed by atoms with Crippen LogP contribution in [0.2, 0.25) is 0 Å². The Morgan fingerprint density at radius 1 is 1.14 bits per heavy atom. The highest BCUT2D eigenvalue weighted by atomic mass is 32.2. The zero-order valence-corrected chi connectivity index (χ0v) is 14.8. The third-order valence-corrected chi connectivity index (χ3v) is 4.38. The van der Waals surface area contributed by atoms with E-state index < -0.39 is 23.6 Å². The van der Waals surface area contributed by atoms with Gasteiger partial charge in [-0.1, -0.05) is 30.3 Å². The van der Waals surface area contributed by atoms with E-state index in [9.17, 15) is 22.8 Å². The summed E-state index contributed by atoms with van der Waals surface area (Å²) in [6, 6.07) is 13.9. The number of thioether (sulfide) groups is 1. The van der Waals surface area contributed by atoms with Crippen molar-refractivity contribution in [2.24, 2.45) is 0 Å². The Morgan fingerprint density at radius 2 is 1.82 bits per heavy atom. The molecule has 0 spiro atoms. The van der Waals surface area contributed by atoms with Crippen molar-refractivity contribution in [1.82, 2.24) is 5.27 Å². The van der Waals surface area contributed by atoms with Crippen LogP contribution in [0.1, 0.15) is 0 Å². The van der Waals surface area contributed by atoms with Crippen molar-refractivity contribution in [2.75, 3.05) is 11.1 Å². The predicted octanol–water partition coefficient (Wildman–Crippen LogP) is 2.87. The number of aromatic nitrogens is 2. The van der Waals surface area contributed by atoms with Gasteiger partial charge in [-0.25, -0.2) is 4.79 Å². The van der Waals surface area contributed by atoms with E-state index in [4.69, 9.17) is 4.52 Å². The Kier molecular flexibility index (Phi) is 5.73. The van der Waals surface area contributed by atoms with Gasteiger partial charge in [0.1, 0.15) is 0 Å². The quantitative estimate of drug-likeness (QED) is 0.480. The monoisotopic (exact) mass is 412 g/mol. The molecule has 11 heteroatoms. The number of benzene rings is 2. The minimum atomic E-state index is -4.89. The number of nitrogens with zero attached hydrogens (tertiary/aromatic N) is 1. The highest BCUT2D eigenvalue weighted by molar-refractivity contribution is 7.99. The minimum Gasteiger partial charge on any atom is -0.404 e. The topological polar surface area (TPSA) is 88.2 Å². The fraction of sp³-hybridized carbons (Fsp3) is 0.118. The van der Waals surface area contributed by atoms with Crippen LogP contribution in [0.15, 0.2) is 68.9 Å². The van der Waals surface area contributed by atoms with Crippen molar-refractivity contribution >= 4 is 23.4 Å². The molecule has 0 saturated heterocycles. The Balaban J connectivity index is 1.70. The molecule has 0 aliphatic heterocycles. The van der Waals surface area contributed by atoms with Gasteiger partial charge in [0.2, 0.25) is 11.6 Å². The zero-order chi connectivity index (χ0) is 20.1. The maximum atomic E-state index is 12.5. The second kappa shape index (κ2) is 8.21. The van der Waals surface area contributed by atoms with Crippen LogP contribution < -0.4 is 20.4 Å². The Bertz CT molecular complexity index is 1020. The SMILES string of the molecule is O=C(CSc1c(=O)o[nH][n+]1-c1ccccc1)Nc1ccccc1OC(F)(F)F. The van der Waals surface area contributed by atoms with Crippen molar-refractivity contribution < 1.29 is 31.9 Å². The van der Waals surface area contributed by atoms with E-state index in [0.29, 0.717) is 5.69 Å². The fourth-order valence-electron chi connectivity index (χ4n) is 2.24. The van der Waals surface area contributed by atoms with Crippen LogP contribution in [0.5, 0.6) is 5.75 Å². The molecule has 1 amide bonds. The summed E-state index contributed by atoms with van der Waals surface area (Å²) in [7, 11) is 0. The second-order valence-electron chi connectivity index (χ2n) is 5.34. The molecule has 2 N–H and O–H groups in total. The number of H-pyrrole nitrogens is 1. The van der Waals surface area contributed by atoms with Crippen molar-refractivity contribution in [1.29, 1.82) is 0 Å². The number of amides is 1. The van der Waals surface area contributed by atoms with E-state index in [0.717, 1.165) is 17.8 Å². The molecule has 0 aliphatic rings. The van der Waals surface area contributed by atoms with Gasteiger partial charge in [0.25, 0.3) is 0 Å². The first-order chi connectivity index (χ1) is 13.3. The molecule has 7 nitrogen and oxygen atoms in total. The number of para-hydroxylation sites is 3. The van der Waals surface area contributed by atoms with Gasteiger partial charge in [-0.3, -0.25) is 9.32 Å². The predicted molar refractivity (Wildman–Crippen MR) is 93.3 cm³/mol. The molecule has 28 heavy (non-hydrogen) atoms. The minimum absolute atomic E-state index is 0.112. The Hall–Kier alpha value is -3.21. The number of alkyl halides is 3. The van der Waals surface area contributed by atoms with Gasteiger partial charge in [0.05, 0.1) is 11.4 Å². The summed E-state index contributed by atoms with van der Waals surface area (Å²) < 4.78 is 47.4. The van der Waals surface area contributed by atoms with Crippen LogP contribution in [0.3, 0.4) is 0 Å². The van der Waals surface area contributed by atoms with E-state index in [2.05, 4.69) is 15.3 Å². The third kappa shape index (κ3) is 4.94. The molecule has 1 heterocycles. The summed E-state index contributed by atoms with van der Waals surface area (Å²) in [5.74, 6) is -1.40. The van der Waals surface area contributed by atoms with E-state index in [-0.39, 0.29) is 16.5 Å². The van der Waals surface area contributed by atoms with Crippen LogP contribution in [-0.4, -0.2) is 23.3 Å². The number of nitrogens with one attached hydrogen (secondary N) is 2. The highest BCUT2D eigenvalue weighted by Gasteiger charge is 2.32. The van der Waals surface area contributed by atoms with E-state index >= 15 is 0 Å². The number of halogens is 3. The smallest absolute Gasteiger partial charge is 0.404 e. The first-order valence-corrected chi connectivity index (χ1v) is 8.78. The number of aromatic amines is 1. The summed E-state index contributed by atoms with van der Waals surface area (Å²) >= 11 is 0.872. The number of hydrogen-bond acceptors (Lipinski definition) is 5. The van der Waals surface area contributed by atoms with Gasteiger partial charge in [-0.15, -0.1) is 13.2 Å². The number of ether oxygens (including phenoxy) is 1. The molecule has 0 aliphatic carbocycles. The van der Waals surface area contributed by atoms with Crippen molar-refractivity contribution in [2.45, 2.75) is 11.4 Å². The van der Waals surface area contributed by atoms with Crippen molar-refractivity contribution in [3.8, 4) is 11.4 Å². The van der Waals surface area contributed by atoms with Crippen LogP contribution in [-0.2, 0) is 4.79 Å². The average molecular weight is 412 g/mol. The van der Waals surface area contributed by atoms with Gasteiger partial charge >= 0.3 is 17.0 Å². The normalized spacial score (nSPS) is 11.2. The molecule has 0 bridgehead atoms. The van der Waals surface area contributed by atoms with Crippen molar-refractivity contribution in [3.05, 3.63) is 65.0 Å². The molecule has 3 aromatic rings. The second-order valence-corrected chi connectivity index (χ2v) is 6.30. The molecule has 0 unspecified atom stereocenters. The summed E-state index contributed by atoms with van der Waals surface area (Å²) in [6.07, 6.45) is -4.89. The lowest BCUT2D eigenvalue weighted by atomic mass is 10.3. The summed E-state index contributed by atoms with van der Waals surface area (Å²) in [5.41, 5.74) is -0.204. The Labute approximate surface area is 160 Å². The number of anilines is 1. The largest absolute Gasteiger partial charge is 0.573 e. The third-order valence-electron chi connectivity index (χ3n) is 3.35. The van der Waals surface area contributed by atoms with Crippen LogP contribution in [0, 0.1) is 0 Å². The lowest BCUT2D eigenvalue weighted by Crippen LogP contribution is -2.36. The van der Waals surface area contributed by atoms with Crippen molar-refractivity contribution in [3.63, 3.8) is 0 Å². The zero-order valence-electron chi connectivity index (χ0n) is 14.0. The van der Waals surface area contributed by atoms with Gasteiger partial charge in [-0.2, -0.15) is 0 Å². The fourth-order valence-corrected chi connectivity index (χ4v) is 3.01. The van der Waals surface area contributed by atoms with E-state index in [1.54, 1.807) is 30.3 Å². The lowest BCUT2D eigenvalue weighted by molar-refractivity contribution is -0.704. The van der Waals surface area contributed by atoms with Crippen LogP contribution in [0.4, 0.5) is 18.9 Å². The molecule has 0 fully saturated rings. The molecule has 1 aromatic heterocycles. The van der Waals surface area contributed by atoms with Gasteiger partial charge < -0.3 is 10.1 Å². The lowest BCUT2D eigenvalue weighted by Gasteiger charge is -2.13. The molecule has 0 saturated carbocycles. The van der Waals surface area contributed by atoms with Gasteiger partial charge in [0.15, 0.2) is 5.75 Å². The van der Waals surface area contributed by atoms with Gasteiger partial charge in [0, 0.05) is 12.1 Å². The van der Waals surface area contributed by atoms with E-state index in [1.807, 2.05) is 0 Å². The van der Waals surface area contributed by atoms with Gasteiger partial charge in [-0.05, 0) is 33.8 Å². The first-order valence-electron chi connectivity index (χ1n) is 7.80. The molecule has 2 aromatic carbocycles. The molecule has 3 rings (SSSR count). The number of rotatable bonds is 6. The number of hydrogen-bond donors (Lipinski definition) is 2.